The van der Waals surface area contributed by atoms with Gasteiger partial charge in [-0.2, -0.15) is 12.7 Å². The molecular formula is C13H21N3O3S. The lowest BCUT2D eigenvalue weighted by Crippen LogP contribution is -2.50. The molecule has 2 heterocycles. The van der Waals surface area contributed by atoms with Crippen LogP contribution in [-0.2, 0) is 16.6 Å². The molecule has 0 spiro atoms. The van der Waals surface area contributed by atoms with Crippen molar-refractivity contribution in [2.75, 3.05) is 19.7 Å². The Bertz CT molecular complexity index is 507. The molecule has 1 atom stereocenters. The fourth-order valence-corrected chi connectivity index (χ4v) is 3.89. The van der Waals surface area contributed by atoms with E-state index in [9.17, 15) is 13.5 Å². The fourth-order valence-electron chi connectivity index (χ4n) is 2.43. The Labute approximate surface area is 120 Å². The molecule has 112 valence electrons. The van der Waals surface area contributed by atoms with Gasteiger partial charge in [-0.05, 0) is 30.9 Å². The summed E-state index contributed by atoms with van der Waals surface area (Å²) in [5.41, 5.74) is 0.993. The quantitative estimate of drug-likeness (QED) is 0.792. The van der Waals surface area contributed by atoms with E-state index in [0.717, 1.165) is 24.8 Å². The molecule has 7 heteroatoms. The van der Waals surface area contributed by atoms with Gasteiger partial charge < -0.3 is 5.11 Å². The minimum absolute atomic E-state index is 0.122. The molecule has 0 saturated carbocycles. The van der Waals surface area contributed by atoms with Gasteiger partial charge >= 0.3 is 0 Å². The zero-order valence-corrected chi connectivity index (χ0v) is 12.2. The van der Waals surface area contributed by atoms with E-state index in [1.54, 1.807) is 12.4 Å². The largest absolute Gasteiger partial charge is 0.395 e. The summed E-state index contributed by atoms with van der Waals surface area (Å²) >= 11 is 0. The lowest BCUT2D eigenvalue weighted by atomic mass is 10.1. The normalized spacial score (nSPS) is 20.9. The summed E-state index contributed by atoms with van der Waals surface area (Å²) in [5.74, 6) is 0. The zero-order valence-electron chi connectivity index (χ0n) is 11.4. The lowest BCUT2D eigenvalue weighted by Gasteiger charge is -2.33. The predicted octanol–water partition coefficient (Wildman–Crippen LogP) is 0.305. The minimum Gasteiger partial charge on any atom is -0.395 e. The van der Waals surface area contributed by atoms with Gasteiger partial charge in [0.15, 0.2) is 0 Å². The molecule has 0 amide bonds. The van der Waals surface area contributed by atoms with Gasteiger partial charge in [0, 0.05) is 31.5 Å². The Kier molecular flexibility index (Phi) is 5.47. The first-order chi connectivity index (χ1) is 9.63. The van der Waals surface area contributed by atoms with E-state index in [0.29, 0.717) is 19.5 Å². The van der Waals surface area contributed by atoms with Crippen molar-refractivity contribution in [2.24, 2.45) is 0 Å². The molecule has 1 unspecified atom stereocenters. The average molecular weight is 299 g/mol. The highest BCUT2D eigenvalue weighted by atomic mass is 32.2. The molecule has 0 aliphatic carbocycles. The molecule has 2 rings (SSSR count). The van der Waals surface area contributed by atoms with E-state index in [2.05, 4.69) is 9.71 Å². The maximum atomic E-state index is 12.2. The third-order valence-electron chi connectivity index (χ3n) is 3.51. The topological polar surface area (TPSA) is 82.5 Å². The Morgan fingerprint density at radius 3 is 3.00 bits per heavy atom. The summed E-state index contributed by atoms with van der Waals surface area (Å²) in [6, 6.07) is 3.45. The Hall–Kier alpha value is -1.02. The molecule has 1 saturated heterocycles. The second-order valence-electron chi connectivity index (χ2n) is 4.95. The van der Waals surface area contributed by atoms with Crippen molar-refractivity contribution >= 4 is 10.2 Å². The van der Waals surface area contributed by atoms with Gasteiger partial charge in [-0.3, -0.25) is 4.98 Å². The van der Waals surface area contributed by atoms with E-state index in [1.807, 2.05) is 12.1 Å². The maximum Gasteiger partial charge on any atom is 0.279 e. The van der Waals surface area contributed by atoms with E-state index in [1.165, 1.54) is 4.31 Å². The number of nitrogens with zero attached hydrogens (tertiary/aromatic N) is 2. The van der Waals surface area contributed by atoms with Crippen LogP contribution in [0.1, 0.15) is 24.8 Å². The SMILES string of the molecule is O=S(=O)(NCCc1cccnc1)N1CCCCC1CO. The second-order valence-corrected chi connectivity index (χ2v) is 6.66. The van der Waals surface area contributed by atoms with Gasteiger partial charge in [0.1, 0.15) is 0 Å². The third kappa shape index (κ3) is 3.99. The molecular weight excluding hydrogens is 278 g/mol. The van der Waals surface area contributed by atoms with Gasteiger partial charge in [0.2, 0.25) is 0 Å². The number of aromatic nitrogens is 1. The monoisotopic (exact) mass is 299 g/mol. The van der Waals surface area contributed by atoms with Crippen LogP contribution < -0.4 is 4.72 Å². The van der Waals surface area contributed by atoms with Crippen LogP contribution in [0, 0.1) is 0 Å². The number of piperidine rings is 1. The van der Waals surface area contributed by atoms with Crippen molar-refractivity contribution in [3.63, 3.8) is 0 Å². The number of aliphatic hydroxyl groups is 1. The smallest absolute Gasteiger partial charge is 0.279 e. The van der Waals surface area contributed by atoms with Crippen LogP contribution in [-0.4, -0.2) is 48.6 Å². The summed E-state index contributed by atoms with van der Waals surface area (Å²) in [5, 5.41) is 9.29. The molecule has 1 aliphatic heterocycles. The van der Waals surface area contributed by atoms with Crippen molar-refractivity contribution in [3.8, 4) is 0 Å². The molecule has 0 bridgehead atoms. The zero-order chi connectivity index (χ0) is 14.4. The number of hydrogen-bond donors (Lipinski definition) is 2. The van der Waals surface area contributed by atoms with Gasteiger partial charge in [-0.15, -0.1) is 0 Å². The van der Waals surface area contributed by atoms with E-state index >= 15 is 0 Å². The van der Waals surface area contributed by atoms with Crippen LogP contribution in [0.25, 0.3) is 0 Å². The molecule has 20 heavy (non-hydrogen) atoms. The van der Waals surface area contributed by atoms with Crippen LogP contribution in [0.4, 0.5) is 0 Å². The molecule has 6 nitrogen and oxygen atoms in total. The summed E-state index contributed by atoms with van der Waals surface area (Å²) in [6.07, 6.45) is 6.55. The second kappa shape index (κ2) is 7.12. The molecule has 0 aromatic carbocycles. The Morgan fingerprint density at radius 2 is 2.30 bits per heavy atom. The summed E-state index contributed by atoms with van der Waals surface area (Å²) < 4.78 is 28.5. The van der Waals surface area contributed by atoms with Crippen molar-refractivity contribution in [3.05, 3.63) is 30.1 Å². The van der Waals surface area contributed by atoms with Crippen LogP contribution in [0.3, 0.4) is 0 Å². The summed E-state index contributed by atoms with van der Waals surface area (Å²) in [7, 11) is -3.51. The number of nitrogens with one attached hydrogen (secondary N) is 1. The molecule has 0 radical (unpaired) electrons. The number of pyridine rings is 1. The van der Waals surface area contributed by atoms with E-state index < -0.39 is 10.2 Å². The van der Waals surface area contributed by atoms with Crippen LogP contribution in [0.5, 0.6) is 0 Å². The highest BCUT2D eigenvalue weighted by Gasteiger charge is 2.31. The third-order valence-corrected chi connectivity index (χ3v) is 5.18. The number of aliphatic hydroxyl groups excluding tert-OH is 1. The standard InChI is InChI=1S/C13H21N3O3S/c17-11-13-5-1-2-9-16(13)20(18,19)15-8-6-12-4-3-7-14-10-12/h3-4,7,10,13,15,17H,1-2,5-6,8-9,11H2. The Morgan fingerprint density at radius 1 is 1.45 bits per heavy atom. The van der Waals surface area contributed by atoms with Crippen LogP contribution in [0.2, 0.25) is 0 Å². The lowest BCUT2D eigenvalue weighted by molar-refractivity contribution is 0.154. The highest BCUT2D eigenvalue weighted by molar-refractivity contribution is 7.87. The maximum absolute atomic E-state index is 12.2. The average Bonchev–Trinajstić information content (AvgIpc) is 2.48. The fraction of sp³-hybridized carbons (Fsp3) is 0.615. The van der Waals surface area contributed by atoms with Crippen molar-refractivity contribution in [2.45, 2.75) is 31.7 Å². The molecule has 1 aromatic heterocycles. The molecule has 2 N–H and O–H groups in total. The van der Waals surface area contributed by atoms with Gasteiger partial charge in [0.05, 0.1) is 6.61 Å². The first-order valence-corrected chi connectivity index (χ1v) is 8.33. The van der Waals surface area contributed by atoms with Crippen LogP contribution in [0.15, 0.2) is 24.5 Å². The minimum atomic E-state index is -3.51. The van der Waals surface area contributed by atoms with E-state index in [4.69, 9.17) is 0 Å². The summed E-state index contributed by atoms with van der Waals surface area (Å²) in [6.45, 7) is 0.694. The predicted molar refractivity (Wildman–Crippen MR) is 76.3 cm³/mol. The first-order valence-electron chi connectivity index (χ1n) is 6.89. The van der Waals surface area contributed by atoms with Crippen molar-refractivity contribution in [1.82, 2.24) is 14.0 Å². The molecule has 1 aromatic rings. The number of hydrogen-bond acceptors (Lipinski definition) is 4. The van der Waals surface area contributed by atoms with Crippen LogP contribution >= 0.6 is 0 Å². The van der Waals surface area contributed by atoms with Gasteiger partial charge in [0.25, 0.3) is 10.2 Å². The first kappa shape index (κ1) is 15.4. The van der Waals surface area contributed by atoms with E-state index in [-0.39, 0.29) is 12.6 Å². The molecule has 1 fully saturated rings. The van der Waals surface area contributed by atoms with Crippen molar-refractivity contribution in [1.29, 1.82) is 0 Å². The van der Waals surface area contributed by atoms with Gasteiger partial charge in [-0.1, -0.05) is 12.5 Å². The number of rotatable bonds is 6. The Balaban J connectivity index is 1.90. The van der Waals surface area contributed by atoms with Crippen molar-refractivity contribution < 1.29 is 13.5 Å². The summed E-state index contributed by atoms with van der Waals surface area (Å²) in [4.78, 5) is 3.99. The highest BCUT2D eigenvalue weighted by Crippen LogP contribution is 2.19. The van der Waals surface area contributed by atoms with Gasteiger partial charge in [-0.25, -0.2) is 4.72 Å². The molecule has 1 aliphatic rings.